The van der Waals surface area contributed by atoms with E-state index in [0.717, 1.165) is 18.8 Å². The molecule has 0 spiro atoms. The molecular weight excluding hydrogens is 436 g/mol. The van der Waals surface area contributed by atoms with Crippen molar-refractivity contribution in [2.24, 2.45) is 5.92 Å². The van der Waals surface area contributed by atoms with E-state index in [-0.39, 0.29) is 42.0 Å². The third-order valence-electron chi connectivity index (χ3n) is 6.85. The van der Waals surface area contributed by atoms with Crippen LogP contribution in [0.25, 0.3) is 5.65 Å². The number of anilines is 2. The zero-order valence-electron chi connectivity index (χ0n) is 17.6. The zero-order valence-corrected chi connectivity index (χ0v) is 17.6. The first-order chi connectivity index (χ1) is 16.0. The summed E-state index contributed by atoms with van der Waals surface area (Å²) in [6.45, 7) is 1.47. The average molecular weight is 459 g/mol. The second-order valence-electron chi connectivity index (χ2n) is 8.95. The summed E-state index contributed by atoms with van der Waals surface area (Å²) in [5.41, 5.74) is 0.0276. The van der Waals surface area contributed by atoms with Gasteiger partial charge in [-0.2, -0.15) is 10.2 Å². The molecule has 6 rings (SSSR count). The maximum Gasteiger partial charge on any atom is 0.284 e. The van der Waals surface area contributed by atoms with Gasteiger partial charge in [-0.15, -0.1) is 0 Å². The lowest BCUT2D eigenvalue weighted by atomic mass is 9.81. The molecule has 2 N–H and O–H groups in total. The number of hydrogen-bond donors (Lipinski definition) is 2. The lowest BCUT2D eigenvalue weighted by Gasteiger charge is -2.33. The van der Waals surface area contributed by atoms with Gasteiger partial charge < -0.3 is 20.1 Å². The Balaban J connectivity index is 1.26. The third kappa shape index (κ3) is 3.44. The Morgan fingerprint density at radius 3 is 2.85 bits per heavy atom. The molecular formula is C21H23F2N7O3. The van der Waals surface area contributed by atoms with Gasteiger partial charge in [0.25, 0.3) is 12.3 Å². The average Bonchev–Trinajstić information content (AvgIpc) is 3.55. The van der Waals surface area contributed by atoms with E-state index in [1.807, 2.05) is 6.07 Å². The Kier molecular flexibility index (Phi) is 4.80. The number of aromatic nitrogens is 5. The molecule has 2 bridgehead atoms. The lowest BCUT2D eigenvalue weighted by Crippen LogP contribution is -2.37. The van der Waals surface area contributed by atoms with E-state index in [4.69, 9.17) is 4.74 Å². The van der Waals surface area contributed by atoms with Gasteiger partial charge in [0.05, 0.1) is 36.7 Å². The molecule has 5 heterocycles. The Morgan fingerprint density at radius 1 is 1.30 bits per heavy atom. The molecule has 10 nitrogen and oxygen atoms in total. The van der Waals surface area contributed by atoms with E-state index in [9.17, 15) is 18.7 Å². The Bertz CT molecular complexity index is 1210. The Labute approximate surface area is 187 Å². The topological polar surface area (TPSA) is 110 Å². The monoisotopic (exact) mass is 459 g/mol. The molecule has 1 aliphatic carbocycles. The molecule has 3 fully saturated rings. The molecule has 1 amide bonds. The molecule has 2 atom stereocenters. The molecule has 12 heteroatoms. The van der Waals surface area contributed by atoms with Crippen LogP contribution in [0.3, 0.4) is 0 Å². The molecule has 1 saturated carbocycles. The second-order valence-corrected chi connectivity index (χ2v) is 8.95. The number of carbonyl (C=O) groups excluding carboxylic acids is 1. The highest BCUT2D eigenvalue weighted by atomic mass is 19.3. The summed E-state index contributed by atoms with van der Waals surface area (Å²) in [6, 6.07) is 2.05. The van der Waals surface area contributed by atoms with Crippen molar-refractivity contribution in [1.82, 2.24) is 24.4 Å². The molecule has 0 radical (unpaired) electrons. The van der Waals surface area contributed by atoms with Gasteiger partial charge in [0.15, 0.2) is 11.3 Å². The number of aliphatic hydroxyl groups is 1. The molecule has 174 valence electrons. The van der Waals surface area contributed by atoms with E-state index in [0.29, 0.717) is 25.1 Å². The number of hydrogen-bond acceptors (Lipinski definition) is 7. The van der Waals surface area contributed by atoms with Gasteiger partial charge in [-0.25, -0.2) is 18.3 Å². The normalized spacial score (nSPS) is 26.4. The molecule has 0 aromatic carbocycles. The van der Waals surface area contributed by atoms with E-state index >= 15 is 0 Å². The summed E-state index contributed by atoms with van der Waals surface area (Å²) in [7, 11) is 0. The Hall–Kier alpha value is -3.12. The van der Waals surface area contributed by atoms with Crippen molar-refractivity contribution >= 4 is 23.1 Å². The van der Waals surface area contributed by atoms with Crippen molar-refractivity contribution in [2.75, 3.05) is 30.0 Å². The van der Waals surface area contributed by atoms with Gasteiger partial charge in [0.1, 0.15) is 11.4 Å². The summed E-state index contributed by atoms with van der Waals surface area (Å²) in [5, 5.41) is 20.0. The van der Waals surface area contributed by atoms with E-state index in [1.54, 1.807) is 6.20 Å². The second kappa shape index (κ2) is 7.73. The summed E-state index contributed by atoms with van der Waals surface area (Å²) in [5.74, 6) is 0.310. The van der Waals surface area contributed by atoms with Crippen LogP contribution in [0.4, 0.5) is 20.3 Å². The minimum absolute atomic E-state index is 0.0352. The molecule has 33 heavy (non-hydrogen) atoms. The number of alkyl halides is 2. The van der Waals surface area contributed by atoms with Crippen molar-refractivity contribution in [3.63, 3.8) is 0 Å². The predicted molar refractivity (Wildman–Crippen MR) is 112 cm³/mol. The molecule has 2 aliphatic heterocycles. The molecule has 3 aromatic heterocycles. The van der Waals surface area contributed by atoms with E-state index in [2.05, 4.69) is 25.4 Å². The summed E-state index contributed by atoms with van der Waals surface area (Å²) in [6.07, 6.45) is 4.20. The predicted octanol–water partition coefficient (Wildman–Crippen LogP) is 2.04. The van der Waals surface area contributed by atoms with E-state index < -0.39 is 18.0 Å². The van der Waals surface area contributed by atoms with Crippen LogP contribution in [0.2, 0.25) is 0 Å². The number of carbonyl (C=O) groups is 1. The van der Waals surface area contributed by atoms with Gasteiger partial charge in [0.2, 0.25) is 0 Å². The standard InChI is InChI=1S/C21H23F2N7O3/c22-19(23)18-16(8-30(27-18)12-3-11(4-12)9-31)25-21(32)15-6-24-29-2-1-17(26-20(15)29)28-7-14-5-13(28)10-33-14/h1-2,6,8,11-14,19,31H,3-5,7,9-10H2,(H,25,32)/t11?,12?,13-,14-/m1/s1. The number of rotatable bonds is 6. The quantitative estimate of drug-likeness (QED) is 0.581. The van der Waals surface area contributed by atoms with Crippen LogP contribution in [0.1, 0.15) is 47.8 Å². The number of halogens is 2. The maximum atomic E-state index is 13.6. The van der Waals surface area contributed by atoms with Gasteiger partial charge >= 0.3 is 0 Å². The molecule has 3 aromatic rings. The molecule has 2 saturated heterocycles. The van der Waals surface area contributed by atoms with Crippen LogP contribution in [-0.2, 0) is 4.74 Å². The van der Waals surface area contributed by atoms with Crippen LogP contribution >= 0.6 is 0 Å². The highest BCUT2D eigenvalue weighted by molar-refractivity contribution is 6.08. The minimum atomic E-state index is -2.84. The van der Waals surface area contributed by atoms with E-state index in [1.165, 1.54) is 21.6 Å². The smallest absolute Gasteiger partial charge is 0.284 e. The van der Waals surface area contributed by atoms with Crippen molar-refractivity contribution in [1.29, 1.82) is 0 Å². The first kappa shape index (κ1) is 20.5. The largest absolute Gasteiger partial charge is 0.396 e. The van der Waals surface area contributed by atoms with Gasteiger partial charge in [0, 0.05) is 25.5 Å². The maximum absolute atomic E-state index is 13.6. The number of nitrogens with one attached hydrogen (secondary N) is 1. The summed E-state index contributed by atoms with van der Waals surface area (Å²) < 4.78 is 35.8. The van der Waals surface area contributed by atoms with Gasteiger partial charge in [-0.3, -0.25) is 9.48 Å². The SMILES string of the molecule is O=C(Nc1cn(C2CC(CO)C2)nc1C(F)F)c1cnn2ccc(N3C[C@H]4C[C@@H]3CO4)nc12. The fourth-order valence-electron chi connectivity index (χ4n) is 4.97. The number of ether oxygens (including phenoxy) is 1. The van der Waals surface area contributed by atoms with Crippen LogP contribution in [0, 0.1) is 5.92 Å². The third-order valence-corrected chi connectivity index (χ3v) is 6.85. The highest BCUT2D eigenvalue weighted by Crippen LogP contribution is 2.39. The summed E-state index contributed by atoms with van der Waals surface area (Å²) in [4.78, 5) is 19.8. The first-order valence-corrected chi connectivity index (χ1v) is 11.0. The number of amides is 1. The van der Waals surface area contributed by atoms with Crippen molar-refractivity contribution < 1.29 is 23.4 Å². The van der Waals surface area contributed by atoms with Crippen LogP contribution < -0.4 is 10.2 Å². The zero-order chi connectivity index (χ0) is 22.7. The Morgan fingerprint density at radius 2 is 2.15 bits per heavy atom. The number of morpholine rings is 1. The molecule has 3 aliphatic rings. The fourth-order valence-corrected chi connectivity index (χ4v) is 4.97. The molecule has 0 unspecified atom stereocenters. The van der Waals surface area contributed by atoms with Crippen molar-refractivity contribution in [2.45, 2.75) is 43.9 Å². The van der Waals surface area contributed by atoms with Crippen molar-refractivity contribution in [3.05, 3.63) is 35.9 Å². The fraction of sp³-hybridized carbons (Fsp3) is 0.524. The number of aliphatic hydroxyl groups excluding tert-OH is 1. The van der Waals surface area contributed by atoms with Crippen LogP contribution in [0.15, 0.2) is 24.7 Å². The van der Waals surface area contributed by atoms with Crippen LogP contribution in [-0.4, -0.2) is 67.3 Å². The first-order valence-electron chi connectivity index (χ1n) is 11.0. The number of nitrogens with zero attached hydrogens (tertiary/aromatic N) is 6. The minimum Gasteiger partial charge on any atom is -0.396 e. The highest BCUT2D eigenvalue weighted by Gasteiger charge is 2.40. The van der Waals surface area contributed by atoms with Crippen molar-refractivity contribution in [3.8, 4) is 0 Å². The lowest BCUT2D eigenvalue weighted by molar-refractivity contribution is 0.0988. The summed E-state index contributed by atoms with van der Waals surface area (Å²) >= 11 is 0. The van der Waals surface area contributed by atoms with Gasteiger partial charge in [-0.05, 0) is 31.2 Å². The van der Waals surface area contributed by atoms with Crippen LogP contribution in [0.5, 0.6) is 0 Å². The van der Waals surface area contributed by atoms with Gasteiger partial charge in [-0.1, -0.05) is 0 Å². The number of fused-ring (bicyclic) bond motifs is 3.